The molecule has 4 nitrogen and oxygen atoms in total. The summed E-state index contributed by atoms with van der Waals surface area (Å²) >= 11 is 4.69. The minimum absolute atomic E-state index is 0. The van der Waals surface area contributed by atoms with Crippen LogP contribution in [0.15, 0.2) is 0 Å². The molecule has 0 heterocycles. The Hall–Kier alpha value is 2.40. The number of halogens is 1. The Morgan fingerprint density at radius 2 is 1.78 bits per heavy atom. The van der Waals surface area contributed by atoms with Gasteiger partial charge in [-0.1, -0.05) is 11.6 Å². The third kappa shape index (κ3) is 17.9. The quantitative estimate of drug-likeness (QED) is 0.246. The Balaban J connectivity index is -0.000000180. The molecular formula is CH2ClNa2O4P. The molecule has 0 atom stereocenters. The van der Waals surface area contributed by atoms with Crippen molar-refractivity contribution >= 4 is 19.4 Å². The first-order valence-electron chi connectivity index (χ1n) is 1.29. The van der Waals surface area contributed by atoms with E-state index in [-0.39, 0.29) is 59.1 Å². The summed E-state index contributed by atoms with van der Waals surface area (Å²) in [4.78, 5) is 18.8. The van der Waals surface area contributed by atoms with Crippen LogP contribution in [0, 0.1) is 0 Å². The van der Waals surface area contributed by atoms with Gasteiger partial charge in [0.15, 0.2) is 0 Å². The van der Waals surface area contributed by atoms with Gasteiger partial charge in [0.1, 0.15) is 6.07 Å². The molecule has 0 saturated heterocycles. The molecule has 0 fully saturated rings. The van der Waals surface area contributed by atoms with Crippen LogP contribution in [-0.2, 0) is 9.09 Å². The molecule has 0 bridgehead atoms. The largest absolute Gasteiger partial charge is 1.00 e. The maximum Gasteiger partial charge on any atom is 1.00 e. The van der Waals surface area contributed by atoms with E-state index < -0.39 is 13.9 Å². The monoisotopic (exact) mass is 190 g/mol. The van der Waals surface area contributed by atoms with Crippen molar-refractivity contribution in [1.29, 1.82) is 0 Å². The van der Waals surface area contributed by atoms with Gasteiger partial charge in [0, 0.05) is 0 Å². The van der Waals surface area contributed by atoms with Crippen molar-refractivity contribution in [3.8, 4) is 0 Å². The van der Waals surface area contributed by atoms with Gasteiger partial charge >= 0.3 is 59.1 Å². The average Bonchev–Trinajstić information content (AvgIpc) is 1.30. The maximum absolute atomic E-state index is 9.40. The molecule has 9 heavy (non-hydrogen) atoms. The fourth-order valence-corrected chi connectivity index (χ4v) is 0.538. The van der Waals surface area contributed by atoms with E-state index in [0.717, 1.165) is 0 Å². The van der Waals surface area contributed by atoms with Crippen LogP contribution in [-0.4, -0.2) is 6.07 Å². The molecule has 0 N–H and O–H groups in total. The third-order valence-electron chi connectivity index (χ3n) is 0.207. The summed E-state index contributed by atoms with van der Waals surface area (Å²) in [7, 11) is -4.80. The van der Waals surface area contributed by atoms with Crippen molar-refractivity contribution in [2.75, 3.05) is 6.07 Å². The summed E-state index contributed by atoms with van der Waals surface area (Å²) in [6.07, 6.45) is 0. The topological polar surface area (TPSA) is 72.4 Å². The molecule has 0 spiro atoms. The van der Waals surface area contributed by atoms with Gasteiger partial charge in [0.05, 0.1) is 7.82 Å². The fourth-order valence-electron chi connectivity index (χ4n) is 0.0598. The van der Waals surface area contributed by atoms with Crippen LogP contribution in [0.4, 0.5) is 0 Å². The van der Waals surface area contributed by atoms with Crippen molar-refractivity contribution in [1.82, 2.24) is 0 Å². The number of rotatable bonds is 2. The SMILES string of the molecule is O=P([O-])([O-])OCCl.[Na+].[Na+]. The van der Waals surface area contributed by atoms with Gasteiger partial charge < -0.3 is 18.9 Å². The Labute approximate surface area is 102 Å². The van der Waals surface area contributed by atoms with Gasteiger partial charge in [-0.25, -0.2) is 0 Å². The van der Waals surface area contributed by atoms with Gasteiger partial charge in [0.2, 0.25) is 0 Å². The van der Waals surface area contributed by atoms with E-state index in [9.17, 15) is 14.4 Å². The smallest absolute Gasteiger partial charge is 0.790 e. The average molecular weight is 190 g/mol. The summed E-state index contributed by atoms with van der Waals surface area (Å²) in [6, 6.07) is -0.607. The number of hydrogen-bond donors (Lipinski definition) is 0. The first-order valence-corrected chi connectivity index (χ1v) is 3.28. The molecule has 0 amide bonds. The summed E-state index contributed by atoms with van der Waals surface area (Å²) in [6.45, 7) is 0. The Bertz CT molecular complexity index is 92.6. The molecular weight excluding hydrogens is 188 g/mol. The molecule has 0 aromatic rings. The van der Waals surface area contributed by atoms with E-state index in [4.69, 9.17) is 11.6 Å². The molecule has 0 aromatic heterocycles. The zero-order chi connectivity index (χ0) is 5.91. The minimum Gasteiger partial charge on any atom is -0.790 e. The van der Waals surface area contributed by atoms with Crippen LogP contribution in [0.3, 0.4) is 0 Å². The first-order chi connectivity index (χ1) is 3.06. The zero-order valence-electron chi connectivity index (χ0n) is 5.17. The number of hydrogen-bond acceptors (Lipinski definition) is 4. The van der Waals surface area contributed by atoms with Gasteiger partial charge in [-0.2, -0.15) is 0 Å². The van der Waals surface area contributed by atoms with Gasteiger partial charge in [-0.15, -0.1) is 0 Å². The molecule has 0 aliphatic heterocycles. The summed E-state index contributed by atoms with van der Waals surface area (Å²) in [5, 5.41) is 0. The second-order valence-corrected chi connectivity index (χ2v) is 2.06. The van der Waals surface area contributed by atoms with E-state index >= 15 is 0 Å². The van der Waals surface area contributed by atoms with E-state index in [1.54, 1.807) is 0 Å². The van der Waals surface area contributed by atoms with Gasteiger partial charge in [-0.3, -0.25) is 0 Å². The Morgan fingerprint density at radius 3 is 1.78 bits per heavy atom. The predicted molar refractivity (Wildman–Crippen MR) is 19.4 cm³/mol. The van der Waals surface area contributed by atoms with Crippen LogP contribution < -0.4 is 68.9 Å². The van der Waals surface area contributed by atoms with E-state index in [2.05, 4.69) is 4.52 Å². The maximum atomic E-state index is 9.40. The molecule has 0 unspecified atom stereocenters. The minimum atomic E-state index is -4.80. The number of alkyl halides is 1. The molecule has 0 aromatic carbocycles. The predicted octanol–water partition coefficient (Wildman–Crippen LogP) is -6.96. The zero-order valence-corrected chi connectivity index (χ0v) is 10.8. The molecule has 0 rings (SSSR count). The van der Waals surface area contributed by atoms with E-state index in [1.807, 2.05) is 0 Å². The number of phosphoric ester groups is 1. The van der Waals surface area contributed by atoms with Gasteiger partial charge in [-0.05, 0) is 0 Å². The molecule has 0 aliphatic rings. The second kappa shape index (κ2) is 8.50. The van der Waals surface area contributed by atoms with Crippen LogP contribution in [0.25, 0.3) is 0 Å². The van der Waals surface area contributed by atoms with Crippen molar-refractivity contribution < 1.29 is 78.0 Å². The van der Waals surface area contributed by atoms with Crippen molar-refractivity contribution in [2.45, 2.75) is 0 Å². The third-order valence-corrected chi connectivity index (χ3v) is 0.913. The molecule has 8 heteroatoms. The Kier molecular flexibility index (Phi) is 16.5. The van der Waals surface area contributed by atoms with Crippen LogP contribution in [0.5, 0.6) is 0 Å². The normalized spacial score (nSPS) is 9.22. The summed E-state index contributed by atoms with van der Waals surface area (Å²) < 4.78 is 12.8. The van der Waals surface area contributed by atoms with Crippen molar-refractivity contribution in [2.24, 2.45) is 0 Å². The molecule has 0 aliphatic carbocycles. The first kappa shape index (κ1) is 17.5. The fraction of sp³-hybridized carbons (Fsp3) is 1.00. The summed E-state index contributed by atoms with van der Waals surface area (Å²) in [5.41, 5.74) is 0. The molecule has 0 radical (unpaired) electrons. The van der Waals surface area contributed by atoms with Crippen LogP contribution in [0.2, 0.25) is 0 Å². The summed E-state index contributed by atoms with van der Waals surface area (Å²) in [5.74, 6) is 0. The second-order valence-electron chi connectivity index (χ2n) is 0.685. The Morgan fingerprint density at radius 1 is 1.44 bits per heavy atom. The van der Waals surface area contributed by atoms with Crippen LogP contribution >= 0.6 is 19.4 Å². The van der Waals surface area contributed by atoms with Crippen molar-refractivity contribution in [3.05, 3.63) is 0 Å². The van der Waals surface area contributed by atoms with Crippen molar-refractivity contribution in [3.63, 3.8) is 0 Å². The molecule has 44 valence electrons. The van der Waals surface area contributed by atoms with Crippen LogP contribution in [0.1, 0.15) is 0 Å². The molecule has 0 saturated carbocycles. The van der Waals surface area contributed by atoms with Gasteiger partial charge in [0.25, 0.3) is 0 Å². The number of phosphoric acid groups is 1. The van der Waals surface area contributed by atoms with E-state index in [1.165, 1.54) is 0 Å². The van der Waals surface area contributed by atoms with E-state index in [0.29, 0.717) is 0 Å². The standard InChI is InChI=1S/CH4ClO4P.2Na/c2-1-6-7(3,4)5;;/h1H2,(H2,3,4,5);;/q;2*+1/p-2.